The van der Waals surface area contributed by atoms with Gasteiger partial charge in [0.2, 0.25) is 11.7 Å². The number of anilines is 1. The minimum atomic E-state index is -0.418. The number of rotatable bonds is 4. The topological polar surface area (TPSA) is 92.2 Å². The molecule has 24 heavy (non-hydrogen) atoms. The standard InChI is InChI=1S/C15H14FN5O2S/c1-8-9(2)21-14(18-13(8)23)19-20-15(21)24-7-12(22)17-11-5-3-4-10(16)6-11/h3-6H,7H2,1-2H3,(H,17,22)(H,18,19,23). The summed E-state index contributed by atoms with van der Waals surface area (Å²) in [5.41, 5.74) is 1.45. The summed E-state index contributed by atoms with van der Waals surface area (Å²) in [5, 5.41) is 11.0. The normalized spacial score (nSPS) is 11.0. The van der Waals surface area contributed by atoms with E-state index < -0.39 is 5.82 Å². The maximum atomic E-state index is 13.1. The minimum absolute atomic E-state index is 0.0783. The lowest BCUT2D eigenvalue weighted by Crippen LogP contribution is -2.16. The van der Waals surface area contributed by atoms with Gasteiger partial charge in [-0.15, -0.1) is 10.2 Å². The van der Waals surface area contributed by atoms with Gasteiger partial charge in [-0.05, 0) is 32.0 Å². The maximum Gasteiger partial charge on any atom is 0.255 e. The van der Waals surface area contributed by atoms with Gasteiger partial charge in [0, 0.05) is 16.9 Å². The third-order valence-corrected chi connectivity index (χ3v) is 4.45. The summed E-state index contributed by atoms with van der Waals surface area (Å²) in [7, 11) is 0. The van der Waals surface area contributed by atoms with Gasteiger partial charge in [0.1, 0.15) is 5.82 Å². The maximum absolute atomic E-state index is 13.1. The van der Waals surface area contributed by atoms with E-state index in [0.717, 1.165) is 0 Å². The number of aromatic nitrogens is 4. The Morgan fingerprint density at radius 1 is 1.38 bits per heavy atom. The van der Waals surface area contributed by atoms with E-state index in [1.807, 2.05) is 0 Å². The smallest absolute Gasteiger partial charge is 0.255 e. The molecule has 2 heterocycles. The van der Waals surface area contributed by atoms with E-state index in [2.05, 4.69) is 20.5 Å². The van der Waals surface area contributed by atoms with E-state index in [-0.39, 0.29) is 17.2 Å². The van der Waals surface area contributed by atoms with Gasteiger partial charge in [0.25, 0.3) is 5.56 Å². The Hall–Kier alpha value is -2.68. The molecule has 0 aliphatic heterocycles. The van der Waals surface area contributed by atoms with Crippen molar-refractivity contribution in [3.63, 3.8) is 0 Å². The summed E-state index contributed by atoms with van der Waals surface area (Å²) in [6, 6.07) is 5.68. The fourth-order valence-corrected chi connectivity index (χ4v) is 2.95. The molecule has 0 fully saturated rings. The fourth-order valence-electron chi connectivity index (χ4n) is 2.17. The molecule has 124 valence electrons. The van der Waals surface area contributed by atoms with E-state index in [4.69, 9.17) is 0 Å². The van der Waals surface area contributed by atoms with Crippen LogP contribution in [0.5, 0.6) is 0 Å². The van der Waals surface area contributed by atoms with Crippen molar-refractivity contribution >= 4 is 29.1 Å². The largest absolute Gasteiger partial charge is 0.325 e. The SMILES string of the molecule is Cc1c(C)n2c(SCC(=O)Nc3cccc(F)c3)nnc2[nH]c1=O. The summed E-state index contributed by atoms with van der Waals surface area (Å²) in [6.07, 6.45) is 0. The molecule has 0 spiro atoms. The number of carbonyl (C=O) groups is 1. The summed E-state index contributed by atoms with van der Waals surface area (Å²) in [5.74, 6) is -0.300. The number of nitrogens with one attached hydrogen (secondary N) is 2. The molecule has 0 saturated heterocycles. The first kappa shape index (κ1) is 16.2. The van der Waals surface area contributed by atoms with Crippen LogP contribution in [-0.2, 0) is 4.79 Å². The van der Waals surface area contributed by atoms with E-state index in [9.17, 15) is 14.0 Å². The summed E-state index contributed by atoms with van der Waals surface area (Å²) < 4.78 is 14.8. The number of H-pyrrole nitrogens is 1. The number of hydrogen-bond acceptors (Lipinski definition) is 5. The van der Waals surface area contributed by atoms with Crippen molar-refractivity contribution < 1.29 is 9.18 Å². The average molecular weight is 347 g/mol. The van der Waals surface area contributed by atoms with Gasteiger partial charge in [-0.3, -0.25) is 19.0 Å². The lowest BCUT2D eigenvalue weighted by atomic mass is 10.3. The number of aryl methyl sites for hydroxylation is 1. The second-order valence-corrected chi connectivity index (χ2v) is 6.10. The molecular formula is C15H14FN5O2S. The molecule has 0 saturated carbocycles. The zero-order valence-corrected chi connectivity index (χ0v) is 13.8. The van der Waals surface area contributed by atoms with Crippen LogP contribution < -0.4 is 10.9 Å². The van der Waals surface area contributed by atoms with Crippen LogP contribution in [0, 0.1) is 19.7 Å². The molecule has 2 N–H and O–H groups in total. The fraction of sp³-hybridized carbons (Fsp3) is 0.200. The van der Waals surface area contributed by atoms with Crippen molar-refractivity contribution in [2.45, 2.75) is 19.0 Å². The highest BCUT2D eigenvalue weighted by Crippen LogP contribution is 2.18. The van der Waals surface area contributed by atoms with E-state index >= 15 is 0 Å². The highest BCUT2D eigenvalue weighted by atomic mass is 32.2. The number of amides is 1. The second kappa shape index (κ2) is 6.44. The van der Waals surface area contributed by atoms with Gasteiger partial charge in [0.15, 0.2) is 5.16 Å². The molecule has 7 nitrogen and oxygen atoms in total. The van der Waals surface area contributed by atoms with Gasteiger partial charge in [-0.25, -0.2) is 4.39 Å². The van der Waals surface area contributed by atoms with E-state index in [1.54, 1.807) is 24.3 Å². The van der Waals surface area contributed by atoms with Crippen LogP contribution in [0.25, 0.3) is 5.78 Å². The third kappa shape index (κ3) is 3.16. The van der Waals surface area contributed by atoms with Crippen molar-refractivity contribution in [1.29, 1.82) is 0 Å². The molecule has 2 aromatic heterocycles. The molecule has 0 bridgehead atoms. The van der Waals surface area contributed by atoms with Gasteiger partial charge >= 0.3 is 0 Å². The molecule has 9 heteroatoms. The first-order chi connectivity index (χ1) is 11.5. The van der Waals surface area contributed by atoms with E-state index in [0.29, 0.717) is 27.9 Å². The molecule has 0 atom stereocenters. The molecule has 1 amide bonds. The van der Waals surface area contributed by atoms with Gasteiger partial charge in [0.05, 0.1) is 5.75 Å². The zero-order valence-electron chi connectivity index (χ0n) is 13.0. The Labute approximate surface area is 140 Å². The first-order valence-electron chi connectivity index (χ1n) is 7.08. The van der Waals surface area contributed by atoms with Gasteiger partial charge < -0.3 is 5.32 Å². The third-order valence-electron chi connectivity index (χ3n) is 3.52. The molecule has 3 aromatic rings. The molecule has 0 radical (unpaired) electrons. The monoisotopic (exact) mass is 347 g/mol. The van der Waals surface area contributed by atoms with Crippen LogP contribution >= 0.6 is 11.8 Å². The molecule has 1 aromatic carbocycles. The number of thioether (sulfide) groups is 1. The van der Waals surface area contributed by atoms with Crippen molar-refractivity contribution in [3.05, 3.63) is 51.7 Å². The highest BCUT2D eigenvalue weighted by molar-refractivity contribution is 7.99. The summed E-state index contributed by atoms with van der Waals surface area (Å²) >= 11 is 1.18. The van der Waals surface area contributed by atoms with Crippen LogP contribution in [0.3, 0.4) is 0 Å². The van der Waals surface area contributed by atoms with E-state index in [1.165, 1.54) is 30.0 Å². The quantitative estimate of drug-likeness (QED) is 0.703. The minimum Gasteiger partial charge on any atom is -0.325 e. The lowest BCUT2D eigenvalue weighted by Gasteiger charge is -2.06. The predicted molar refractivity (Wildman–Crippen MR) is 88.8 cm³/mol. The number of aromatic amines is 1. The van der Waals surface area contributed by atoms with Crippen LogP contribution in [0.15, 0.2) is 34.2 Å². The summed E-state index contributed by atoms with van der Waals surface area (Å²) in [6.45, 7) is 3.50. The predicted octanol–water partition coefficient (Wildman–Crippen LogP) is 1.90. The summed E-state index contributed by atoms with van der Waals surface area (Å²) in [4.78, 5) is 26.3. The Morgan fingerprint density at radius 2 is 2.17 bits per heavy atom. The molecule has 3 rings (SSSR count). The number of benzene rings is 1. The number of carbonyl (C=O) groups excluding carboxylic acids is 1. The van der Waals surface area contributed by atoms with Crippen LogP contribution in [-0.4, -0.2) is 31.2 Å². The van der Waals surface area contributed by atoms with Crippen molar-refractivity contribution in [1.82, 2.24) is 19.6 Å². The van der Waals surface area contributed by atoms with Gasteiger partial charge in [-0.1, -0.05) is 17.8 Å². The van der Waals surface area contributed by atoms with Crippen LogP contribution in [0.2, 0.25) is 0 Å². The highest BCUT2D eigenvalue weighted by Gasteiger charge is 2.14. The van der Waals surface area contributed by atoms with Gasteiger partial charge in [-0.2, -0.15) is 0 Å². The Kier molecular flexibility index (Phi) is 4.34. The number of nitrogens with zero attached hydrogens (tertiary/aromatic N) is 3. The number of halogens is 1. The zero-order chi connectivity index (χ0) is 17.3. The Bertz CT molecular complexity index is 982. The molecule has 0 unspecified atom stereocenters. The second-order valence-electron chi connectivity index (χ2n) is 5.15. The molecule has 0 aliphatic rings. The lowest BCUT2D eigenvalue weighted by molar-refractivity contribution is -0.113. The van der Waals surface area contributed by atoms with Crippen LogP contribution in [0.1, 0.15) is 11.3 Å². The number of fused-ring (bicyclic) bond motifs is 1. The Morgan fingerprint density at radius 3 is 2.92 bits per heavy atom. The van der Waals surface area contributed by atoms with Crippen molar-refractivity contribution in [2.75, 3.05) is 11.1 Å². The number of hydrogen-bond donors (Lipinski definition) is 2. The first-order valence-corrected chi connectivity index (χ1v) is 8.07. The molecular weight excluding hydrogens is 333 g/mol. The van der Waals surface area contributed by atoms with Crippen molar-refractivity contribution in [2.24, 2.45) is 0 Å². The van der Waals surface area contributed by atoms with Crippen molar-refractivity contribution in [3.8, 4) is 0 Å². The molecule has 0 aliphatic carbocycles. The Balaban J connectivity index is 1.75. The van der Waals surface area contributed by atoms with Crippen LogP contribution in [0.4, 0.5) is 10.1 Å². The average Bonchev–Trinajstić information content (AvgIpc) is 2.93.